The van der Waals surface area contributed by atoms with Gasteiger partial charge in [-0.1, -0.05) is 5.11 Å². The van der Waals surface area contributed by atoms with Gasteiger partial charge in [-0.15, -0.1) is 0 Å². The van der Waals surface area contributed by atoms with Crippen LogP contribution in [-0.2, 0) is 9.59 Å². The Kier molecular flexibility index (Phi) is 9.57. The van der Waals surface area contributed by atoms with E-state index < -0.39 is 0 Å². The first-order valence-corrected chi connectivity index (χ1v) is 5.73. The first kappa shape index (κ1) is 16.4. The van der Waals surface area contributed by atoms with Gasteiger partial charge in [0.25, 0.3) is 0 Å². The molecule has 0 aromatic heterocycles. The van der Waals surface area contributed by atoms with Crippen molar-refractivity contribution in [1.29, 1.82) is 0 Å². The number of rotatable bonds is 10. The average molecular weight is 256 g/mol. The van der Waals surface area contributed by atoms with Gasteiger partial charge in [0.1, 0.15) is 0 Å². The maximum Gasteiger partial charge on any atom is 0.236 e. The second-order valence-electron chi connectivity index (χ2n) is 3.80. The molecule has 0 unspecified atom stereocenters. The van der Waals surface area contributed by atoms with Crippen molar-refractivity contribution in [3.8, 4) is 0 Å². The smallest absolute Gasteiger partial charge is 0.236 e. The second-order valence-corrected chi connectivity index (χ2v) is 3.80. The largest absolute Gasteiger partial charge is 0.337 e. The lowest BCUT2D eigenvalue weighted by Crippen LogP contribution is -2.40. The third-order valence-corrected chi connectivity index (χ3v) is 2.16. The summed E-state index contributed by atoms with van der Waals surface area (Å²) in [6.45, 7) is 1.57. The molecular formula is C10H20N6O2. The predicted molar refractivity (Wildman–Crippen MR) is 68.1 cm³/mol. The molecule has 0 aromatic carbocycles. The van der Waals surface area contributed by atoms with Crippen LogP contribution in [0.1, 0.15) is 6.42 Å². The monoisotopic (exact) mass is 256 g/mol. The van der Waals surface area contributed by atoms with Gasteiger partial charge < -0.3 is 15.5 Å². The van der Waals surface area contributed by atoms with Crippen molar-refractivity contribution >= 4 is 11.7 Å². The minimum Gasteiger partial charge on any atom is -0.337 e. The Morgan fingerprint density at radius 2 is 2.11 bits per heavy atom. The molecule has 0 rings (SSSR count). The quantitative estimate of drug-likeness (QED) is 0.238. The molecule has 0 bridgehead atoms. The van der Waals surface area contributed by atoms with Crippen LogP contribution >= 0.6 is 0 Å². The summed E-state index contributed by atoms with van der Waals surface area (Å²) in [7, 11) is 3.28. The van der Waals surface area contributed by atoms with Crippen molar-refractivity contribution < 1.29 is 9.59 Å². The Balaban J connectivity index is 3.64. The maximum atomic E-state index is 11.5. The van der Waals surface area contributed by atoms with Crippen molar-refractivity contribution in [3.63, 3.8) is 0 Å². The first-order chi connectivity index (χ1) is 8.61. The van der Waals surface area contributed by atoms with Gasteiger partial charge in [0.05, 0.1) is 19.6 Å². The molecule has 0 heterocycles. The van der Waals surface area contributed by atoms with Crippen molar-refractivity contribution in [2.45, 2.75) is 6.42 Å². The highest BCUT2D eigenvalue weighted by Crippen LogP contribution is 1.85. The zero-order valence-corrected chi connectivity index (χ0v) is 10.8. The highest BCUT2D eigenvalue weighted by Gasteiger charge is 2.11. The fourth-order valence-electron chi connectivity index (χ4n) is 1.24. The molecule has 0 aliphatic heterocycles. The Morgan fingerprint density at radius 3 is 2.72 bits per heavy atom. The van der Waals surface area contributed by atoms with E-state index in [9.17, 15) is 9.59 Å². The van der Waals surface area contributed by atoms with E-state index in [4.69, 9.17) is 5.53 Å². The molecule has 0 aliphatic rings. The van der Waals surface area contributed by atoms with Crippen LogP contribution in [0.25, 0.3) is 10.4 Å². The van der Waals surface area contributed by atoms with E-state index in [0.29, 0.717) is 19.5 Å². The predicted octanol–water partition coefficient (Wildman–Crippen LogP) is -0.477. The first-order valence-electron chi connectivity index (χ1n) is 5.73. The topological polar surface area (TPSA) is 110 Å². The normalized spacial score (nSPS) is 9.67. The lowest BCUT2D eigenvalue weighted by molar-refractivity contribution is -0.133. The number of amides is 1. The SMILES string of the molecule is CNCC(=O)N(C)CC(=O)CNCCCN=[N+]=[N-]. The van der Waals surface area contributed by atoms with E-state index in [0.717, 1.165) is 0 Å². The maximum absolute atomic E-state index is 11.5. The van der Waals surface area contributed by atoms with Crippen LogP contribution in [-0.4, -0.2) is 63.4 Å². The van der Waals surface area contributed by atoms with E-state index in [2.05, 4.69) is 20.7 Å². The van der Waals surface area contributed by atoms with Crippen LogP contribution in [0, 0.1) is 0 Å². The number of likely N-dealkylation sites (N-methyl/N-ethyl adjacent to an activating group) is 2. The molecule has 0 spiro atoms. The van der Waals surface area contributed by atoms with E-state index in [1.54, 1.807) is 14.1 Å². The van der Waals surface area contributed by atoms with E-state index in [-0.39, 0.29) is 31.3 Å². The Labute approximate surface area is 106 Å². The number of carbonyl (C=O) groups is 2. The van der Waals surface area contributed by atoms with Crippen molar-refractivity contribution in [3.05, 3.63) is 10.4 Å². The van der Waals surface area contributed by atoms with Crippen LogP contribution in [0.4, 0.5) is 0 Å². The molecule has 18 heavy (non-hydrogen) atoms. The molecule has 0 saturated carbocycles. The zero-order chi connectivity index (χ0) is 13.8. The summed E-state index contributed by atoms with van der Waals surface area (Å²) in [6.07, 6.45) is 0.686. The van der Waals surface area contributed by atoms with E-state index in [1.807, 2.05) is 0 Å². The van der Waals surface area contributed by atoms with Crippen LogP contribution in [0.5, 0.6) is 0 Å². The van der Waals surface area contributed by atoms with E-state index in [1.165, 1.54) is 4.90 Å². The third-order valence-electron chi connectivity index (χ3n) is 2.16. The lowest BCUT2D eigenvalue weighted by atomic mass is 10.3. The number of carbonyl (C=O) groups excluding carboxylic acids is 2. The number of hydrogen-bond acceptors (Lipinski definition) is 5. The zero-order valence-electron chi connectivity index (χ0n) is 10.8. The molecule has 0 aromatic rings. The summed E-state index contributed by atoms with van der Waals surface area (Å²) in [5.41, 5.74) is 8.05. The molecule has 0 atom stereocenters. The van der Waals surface area contributed by atoms with E-state index >= 15 is 0 Å². The Hall–Kier alpha value is -1.63. The number of hydrogen-bond donors (Lipinski definition) is 2. The molecule has 0 radical (unpaired) electrons. The van der Waals surface area contributed by atoms with Gasteiger partial charge in [-0.2, -0.15) is 0 Å². The number of Topliss-reactive ketones (excluding diaryl/α,β-unsaturated/α-hetero) is 1. The van der Waals surface area contributed by atoms with Crippen molar-refractivity contribution in [2.24, 2.45) is 5.11 Å². The Morgan fingerprint density at radius 1 is 1.39 bits per heavy atom. The lowest BCUT2D eigenvalue weighted by Gasteiger charge is -2.16. The Bertz CT molecular complexity index is 313. The molecule has 102 valence electrons. The van der Waals surface area contributed by atoms with Gasteiger partial charge in [-0.25, -0.2) is 0 Å². The molecule has 0 saturated heterocycles. The fourth-order valence-corrected chi connectivity index (χ4v) is 1.24. The summed E-state index contributed by atoms with van der Waals surface area (Å²) in [4.78, 5) is 26.9. The highest BCUT2D eigenvalue weighted by molar-refractivity contribution is 5.87. The summed E-state index contributed by atoms with van der Waals surface area (Å²) >= 11 is 0. The number of ketones is 1. The average Bonchev–Trinajstić information content (AvgIpc) is 2.33. The fraction of sp³-hybridized carbons (Fsp3) is 0.800. The summed E-state index contributed by atoms with van der Waals surface area (Å²) in [6, 6.07) is 0. The van der Waals surface area contributed by atoms with Crippen LogP contribution in [0.15, 0.2) is 5.11 Å². The third kappa shape index (κ3) is 8.51. The van der Waals surface area contributed by atoms with Gasteiger partial charge in [-0.05, 0) is 25.5 Å². The van der Waals surface area contributed by atoms with Crippen LogP contribution in [0.3, 0.4) is 0 Å². The van der Waals surface area contributed by atoms with Crippen molar-refractivity contribution in [1.82, 2.24) is 15.5 Å². The van der Waals surface area contributed by atoms with Gasteiger partial charge in [0.2, 0.25) is 5.91 Å². The molecule has 8 heteroatoms. The van der Waals surface area contributed by atoms with Gasteiger partial charge in [0.15, 0.2) is 5.78 Å². The molecular weight excluding hydrogens is 236 g/mol. The van der Waals surface area contributed by atoms with Gasteiger partial charge in [-0.3, -0.25) is 9.59 Å². The van der Waals surface area contributed by atoms with Gasteiger partial charge >= 0.3 is 0 Å². The number of azide groups is 1. The van der Waals surface area contributed by atoms with Crippen LogP contribution < -0.4 is 10.6 Å². The molecule has 8 nitrogen and oxygen atoms in total. The second kappa shape index (κ2) is 10.5. The summed E-state index contributed by atoms with van der Waals surface area (Å²) in [5, 5.41) is 9.05. The summed E-state index contributed by atoms with van der Waals surface area (Å²) < 4.78 is 0. The molecule has 0 fully saturated rings. The molecule has 2 N–H and O–H groups in total. The molecule has 0 aliphatic carbocycles. The van der Waals surface area contributed by atoms with Crippen LogP contribution in [0.2, 0.25) is 0 Å². The van der Waals surface area contributed by atoms with Gasteiger partial charge in [0, 0.05) is 18.5 Å². The number of nitrogens with one attached hydrogen (secondary N) is 2. The standard InChI is InChI=1S/C10H20N6O2/c1-12-7-10(18)16(2)8-9(17)6-13-4-3-5-14-15-11/h12-13H,3-8H2,1-2H3. The minimum atomic E-state index is -0.116. The van der Waals surface area contributed by atoms with Crippen molar-refractivity contribution in [2.75, 3.05) is 46.8 Å². The summed E-state index contributed by atoms with van der Waals surface area (Å²) in [5.74, 6) is -0.167. The molecule has 1 amide bonds. The highest BCUT2D eigenvalue weighted by atomic mass is 16.2. The number of nitrogens with zero attached hydrogens (tertiary/aromatic N) is 4. The minimum absolute atomic E-state index is 0.0502.